The number of benzene rings is 3. The molecule has 2 N–H and O–H groups in total. The van der Waals surface area contributed by atoms with Gasteiger partial charge in [-0.15, -0.1) is 6.58 Å². The van der Waals surface area contributed by atoms with Gasteiger partial charge in [-0.2, -0.15) is 0 Å². The largest absolute Gasteiger partial charge is 0.483 e. The van der Waals surface area contributed by atoms with Crippen LogP contribution in [-0.4, -0.2) is 33.3 Å². The van der Waals surface area contributed by atoms with Crippen molar-refractivity contribution in [2.45, 2.75) is 11.3 Å². The maximum Gasteiger partial charge on any atom is 0.262 e. The smallest absolute Gasteiger partial charge is 0.262 e. The number of ether oxygens (including phenoxy) is 1. The maximum atomic E-state index is 12.5. The van der Waals surface area contributed by atoms with E-state index < -0.39 is 10.0 Å². The molecule has 0 saturated carbocycles. The number of hydrogen-bond donors (Lipinski definition) is 2. The Kier molecular flexibility index (Phi) is 8.12. The predicted molar refractivity (Wildman–Crippen MR) is 127 cm³/mol. The van der Waals surface area contributed by atoms with Crippen LogP contribution >= 0.6 is 0 Å². The van der Waals surface area contributed by atoms with Crippen LogP contribution in [0.25, 0.3) is 0 Å². The third kappa shape index (κ3) is 6.86. The minimum absolute atomic E-state index is 0.0176. The molecule has 0 radical (unpaired) electrons. The fraction of sp³-hybridized carbons (Fsp3) is 0.120. The zero-order valence-corrected chi connectivity index (χ0v) is 18.7. The van der Waals surface area contributed by atoms with Gasteiger partial charge in [-0.05, 0) is 42.3 Å². The fourth-order valence-corrected chi connectivity index (χ4v) is 3.98. The van der Waals surface area contributed by atoms with Gasteiger partial charge in [0, 0.05) is 11.3 Å². The van der Waals surface area contributed by atoms with Gasteiger partial charge in [0.25, 0.3) is 5.91 Å². The highest BCUT2D eigenvalue weighted by atomic mass is 32.2. The quantitative estimate of drug-likeness (QED) is 0.334. The van der Waals surface area contributed by atoms with Crippen LogP contribution in [0.15, 0.2) is 96.4 Å². The highest BCUT2D eigenvalue weighted by Crippen LogP contribution is 2.19. The van der Waals surface area contributed by atoms with Crippen molar-refractivity contribution in [3.63, 3.8) is 0 Å². The van der Waals surface area contributed by atoms with E-state index in [1.807, 2.05) is 18.2 Å². The summed E-state index contributed by atoms with van der Waals surface area (Å²) in [4.78, 5) is 24.3. The SMILES string of the molecule is C=CCc1ccccc1OCC(=O)Nc1ccc(S(=O)(=O)NCC(=O)c2ccccc2)cc1. The Balaban J connectivity index is 1.54. The van der Waals surface area contributed by atoms with E-state index in [1.54, 1.807) is 42.5 Å². The van der Waals surface area contributed by atoms with Crippen molar-refractivity contribution in [3.8, 4) is 5.75 Å². The second kappa shape index (κ2) is 11.2. The van der Waals surface area contributed by atoms with Crippen molar-refractivity contribution in [1.29, 1.82) is 0 Å². The molecule has 0 aliphatic heterocycles. The van der Waals surface area contributed by atoms with Gasteiger partial charge in [0.15, 0.2) is 12.4 Å². The number of ketones is 1. The lowest BCUT2D eigenvalue weighted by Crippen LogP contribution is -2.29. The van der Waals surface area contributed by atoms with Gasteiger partial charge in [0.2, 0.25) is 10.0 Å². The number of para-hydroxylation sites is 1. The summed E-state index contributed by atoms with van der Waals surface area (Å²) in [5, 5.41) is 2.66. The lowest BCUT2D eigenvalue weighted by atomic mass is 10.1. The summed E-state index contributed by atoms with van der Waals surface area (Å²) in [6.45, 7) is 3.16. The molecular formula is C25H24N2O5S. The Morgan fingerprint density at radius 2 is 1.58 bits per heavy atom. The number of nitrogens with one attached hydrogen (secondary N) is 2. The Morgan fingerprint density at radius 1 is 0.909 bits per heavy atom. The van der Waals surface area contributed by atoms with Crippen molar-refractivity contribution in [1.82, 2.24) is 4.72 Å². The zero-order valence-electron chi connectivity index (χ0n) is 17.9. The number of sulfonamides is 1. The number of allylic oxidation sites excluding steroid dienone is 1. The molecule has 0 spiro atoms. The first-order valence-corrected chi connectivity index (χ1v) is 11.7. The minimum Gasteiger partial charge on any atom is -0.483 e. The van der Waals surface area contributed by atoms with Crippen LogP contribution in [-0.2, 0) is 21.2 Å². The van der Waals surface area contributed by atoms with Crippen molar-refractivity contribution in [3.05, 3.63) is 103 Å². The molecule has 0 aromatic heterocycles. The molecule has 3 aromatic rings. The summed E-state index contributed by atoms with van der Waals surface area (Å²) < 4.78 is 32.8. The van der Waals surface area contributed by atoms with Gasteiger partial charge in [-0.3, -0.25) is 9.59 Å². The molecule has 0 atom stereocenters. The van der Waals surface area contributed by atoms with E-state index in [4.69, 9.17) is 4.74 Å². The highest BCUT2D eigenvalue weighted by molar-refractivity contribution is 7.89. The molecule has 0 bridgehead atoms. The van der Waals surface area contributed by atoms with E-state index in [2.05, 4.69) is 16.6 Å². The Labute approximate surface area is 193 Å². The average molecular weight is 465 g/mol. The number of Topliss-reactive ketones (excluding diaryl/α,β-unsaturated/α-hetero) is 1. The summed E-state index contributed by atoms with van der Waals surface area (Å²) in [6, 6.07) is 21.5. The number of hydrogen-bond acceptors (Lipinski definition) is 5. The number of carbonyl (C=O) groups excluding carboxylic acids is 2. The van der Waals surface area contributed by atoms with E-state index in [1.165, 1.54) is 24.3 Å². The molecule has 3 rings (SSSR count). The molecule has 0 unspecified atom stereocenters. The van der Waals surface area contributed by atoms with E-state index >= 15 is 0 Å². The van der Waals surface area contributed by atoms with Crippen molar-refractivity contribution >= 4 is 27.4 Å². The predicted octanol–water partition coefficient (Wildman–Crippen LogP) is 3.59. The van der Waals surface area contributed by atoms with Crippen LogP contribution in [0, 0.1) is 0 Å². The molecule has 0 saturated heterocycles. The summed E-state index contributed by atoms with van der Waals surface area (Å²) in [7, 11) is -3.88. The normalized spacial score (nSPS) is 10.9. The van der Waals surface area contributed by atoms with E-state index in [0.29, 0.717) is 23.4 Å². The van der Waals surface area contributed by atoms with Gasteiger partial charge < -0.3 is 10.1 Å². The minimum atomic E-state index is -3.88. The zero-order chi connectivity index (χ0) is 23.7. The van der Waals surface area contributed by atoms with Gasteiger partial charge in [0.05, 0.1) is 11.4 Å². The number of rotatable bonds is 11. The van der Waals surface area contributed by atoms with Crippen molar-refractivity contribution < 1.29 is 22.7 Å². The van der Waals surface area contributed by atoms with Crippen LogP contribution in [0.2, 0.25) is 0 Å². The molecule has 3 aromatic carbocycles. The van der Waals surface area contributed by atoms with Gasteiger partial charge in [0.1, 0.15) is 5.75 Å². The second-order valence-electron chi connectivity index (χ2n) is 7.08. The topological polar surface area (TPSA) is 102 Å². The maximum absolute atomic E-state index is 12.5. The molecule has 170 valence electrons. The molecule has 1 amide bonds. The Hall–Kier alpha value is -3.75. The molecule has 0 aliphatic rings. The van der Waals surface area contributed by atoms with E-state index in [0.717, 1.165) is 5.56 Å². The first-order valence-electron chi connectivity index (χ1n) is 10.2. The molecule has 0 heterocycles. The van der Waals surface area contributed by atoms with Gasteiger partial charge in [-0.25, -0.2) is 13.1 Å². The summed E-state index contributed by atoms with van der Waals surface area (Å²) in [5.41, 5.74) is 1.77. The number of anilines is 1. The fourth-order valence-electron chi connectivity index (χ4n) is 3.00. The number of amides is 1. The third-order valence-corrected chi connectivity index (χ3v) is 6.08. The summed E-state index contributed by atoms with van der Waals surface area (Å²) >= 11 is 0. The Morgan fingerprint density at radius 3 is 2.27 bits per heavy atom. The molecule has 33 heavy (non-hydrogen) atoms. The standard InChI is InChI=1S/C25H24N2O5S/c1-2-8-20-11-6-7-12-24(20)32-18-25(29)27-21-13-15-22(16-14-21)33(30,31)26-17-23(28)19-9-4-3-5-10-19/h2-7,9-16,26H,1,8,17-18H2,(H,27,29). The van der Waals surface area contributed by atoms with Crippen LogP contribution in [0.4, 0.5) is 5.69 Å². The molecular weight excluding hydrogens is 440 g/mol. The molecule has 0 aliphatic carbocycles. The Bertz CT molecular complexity index is 1220. The van der Waals surface area contributed by atoms with Crippen LogP contribution in [0.1, 0.15) is 15.9 Å². The summed E-state index contributed by atoms with van der Waals surface area (Å²) in [6.07, 6.45) is 2.38. The highest BCUT2D eigenvalue weighted by Gasteiger charge is 2.16. The van der Waals surface area contributed by atoms with Crippen LogP contribution in [0.5, 0.6) is 5.75 Å². The van der Waals surface area contributed by atoms with Gasteiger partial charge >= 0.3 is 0 Å². The molecule has 7 nitrogen and oxygen atoms in total. The monoisotopic (exact) mass is 464 g/mol. The molecule has 0 fully saturated rings. The summed E-state index contributed by atoms with van der Waals surface area (Å²) in [5.74, 6) is -0.117. The number of carbonyl (C=O) groups is 2. The van der Waals surface area contributed by atoms with Crippen molar-refractivity contribution in [2.24, 2.45) is 0 Å². The lowest BCUT2D eigenvalue weighted by Gasteiger charge is -2.11. The van der Waals surface area contributed by atoms with Crippen LogP contribution < -0.4 is 14.8 Å². The van der Waals surface area contributed by atoms with E-state index in [9.17, 15) is 18.0 Å². The third-order valence-electron chi connectivity index (χ3n) is 4.66. The average Bonchev–Trinajstić information content (AvgIpc) is 2.83. The molecule has 8 heteroatoms. The van der Waals surface area contributed by atoms with Crippen LogP contribution in [0.3, 0.4) is 0 Å². The first-order chi connectivity index (χ1) is 15.9. The van der Waals surface area contributed by atoms with Gasteiger partial charge in [-0.1, -0.05) is 54.6 Å². The van der Waals surface area contributed by atoms with E-state index in [-0.39, 0.29) is 29.7 Å². The second-order valence-corrected chi connectivity index (χ2v) is 8.84. The van der Waals surface area contributed by atoms with Crippen molar-refractivity contribution in [2.75, 3.05) is 18.5 Å². The lowest BCUT2D eigenvalue weighted by molar-refractivity contribution is -0.118. The first kappa shape index (κ1) is 23.9.